The molecule has 0 aromatic heterocycles. The second-order valence-corrected chi connectivity index (χ2v) is 7.42. The Labute approximate surface area is 147 Å². The molecule has 25 heavy (non-hydrogen) atoms. The van der Waals surface area contributed by atoms with E-state index in [4.69, 9.17) is 5.73 Å². The SMILES string of the molecule is CC1(C)CN(C(=O)c2ccc(N3NC(=O)CCC3=O)cc2)CCC1N. The molecule has 0 spiro atoms. The van der Waals surface area contributed by atoms with Crippen molar-refractivity contribution in [1.29, 1.82) is 0 Å². The van der Waals surface area contributed by atoms with Gasteiger partial charge in [-0.2, -0.15) is 0 Å². The smallest absolute Gasteiger partial charge is 0.253 e. The number of amides is 3. The third kappa shape index (κ3) is 3.51. The fourth-order valence-corrected chi connectivity index (χ4v) is 3.27. The quantitative estimate of drug-likeness (QED) is 0.838. The van der Waals surface area contributed by atoms with Crippen molar-refractivity contribution in [2.75, 3.05) is 18.1 Å². The van der Waals surface area contributed by atoms with Crippen LogP contribution in [0.4, 0.5) is 5.69 Å². The molecular formula is C18H24N4O3. The number of hydrogen-bond acceptors (Lipinski definition) is 4. The van der Waals surface area contributed by atoms with Crippen LogP contribution in [0.2, 0.25) is 0 Å². The van der Waals surface area contributed by atoms with Gasteiger partial charge in [0.2, 0.25) is 11.8 Å². The summed E-state index contributed by atoms with van der Waals surface area (Å²) in [6, 6.07) is 6.82. The van der Waals surface area contributed by atoms with Crippen LogP contribution in [-0.2, 0) is 9.59 Å². The maximum atomic E-state index is 12.7. The third-order valence-corrected chi connectivity index (χ3v) is 5.02. The lowest BCUT2D eigenvalue weighted by Gasteiger charge is -2.42. The van der Waals surface area contributed by atoms with Gasteiger partial charge in [0.1, 0.15) is 0 Å². The normalized spacial score (nSPS) is 23.4. The molecule has 0 aliphatic carbocycles. The van der Waals surface area contributed by atoms with Crippen LogP contribution in [0.5, 0.6) is 0 Å². The first-order valence-corrected chi connectivity index (χ1v) is 8.55. The van der Waals surface area contributed by atoms with Gasteiger partial charge in [-0.3, -0.25) is 19.8 Å². The first-order valence-electron chi connectivity index (χ1n) is 8.55. The number of carbonyl (C=O) groups excluding carboxylic acids is 3. The van der Waals surface area contributed by atoms with Crippen LogP contribution in [-0.4, -0.2) is 41.8 Å². The van der Waals surface area contributed by atoms with E-state index < -0.39 is 0 Å². The van der Waals surface area contributed by atoms with Gasteiger partial charge in [-0.1, -0.05) is 13.8 Å². The molecule has 3 rings (SSSR count). The molecule has 134 valence electrons. The minimum atomic E-state index is -0.188. The molecule has 1 atom stereocenters. The van der Waals surface area contributed by atoms with Crippen molar-refractivity contribution in [3.05, 3.63) is 29.8 Å². The maximum absolute atomic E-state index is 12.7. The van der Waals surface area contributed by atoms with Crippen LogP contribution < -0.4 is 16.2 Å². The van der Waals surface area contributed by atoms with Gasteiger partial charge in [0.05, 0.1) is 5.69 Å². The summed E-state index contributed by atoms with van der Waals surface area (Å²) >= 11 is 0. The van der Waals surface area contributed by atoms with Crippen LogP contribution in [0.1, 0.15) is 43.5 Å². The molecule has 7 nitrogen and oxygen atoms in total. The summed E-state index contributed by atoms with van der Waals surface area (Å²) in [7, 11) is 0. The zero-order valence-corrected chi connectivity index (χ0v) is 14.6. The summed E-state index contributed by atoms with van der Waals surface area (Å²) in [5, 5.41) is 1.24. The number of hydrogen-bond donors (Lipinski definition) is 2. The number of carbonyl (C=O) groups is 3. The van der Waals surface area contributed by atoms with Crippen molar-refractivity contribution in [3.8, 4) is 0 Å². The number of anilines is 1. The van der Waals surface area contributed by atoms with Gasteiger partial charge >= 0.3 is 0 Å². The fourth-order valence-electron chi connectivity index (χ4n) is 3.27. The number of rotatable bonds is 2. The van der Waals surface area contributed by atoms with Gasteiger partial charge in [-0.15, -0.1) is 0 Å². The number of benzene rings is 1. The van der Waals surface area contributed by atoms with Gasteiger partial charge in [0.25, 0.3) is 5.91 Å². The second-order valence-electron chi connectivity index (χ2n) is 7.42. The molecule has 7 heteroatoms. The van der Waals surface area contributed by atoms with E-state index in [1.54, 1.807) is 24.3 Å². The topological polar surface area (TPSA) is 95.7 Å². The molecule has 3 N–H and O–H groups in total. The highest BCUT2D eigenvalue weighted by Crippen LogP contribution is 2.29. The maximum Gasteiger partial charge on any atom is 0.253 e. The Morgan fingerprint density at radius 3 is 2.52 bits per heavy atom. The Hall–Kier alpha value is -2.41. The molecule has 1 aromatic rings. The van der Waals surface area contributed by atoms with E-state index in [-0.39, 0.29) is 42.0 Å². The lowest BCUT2D eigenvalue weighted by molar-refractivity contribution is -0.130. The minimum Gasteiger partial charge on any atom is -0.338 e. The van der Waals surface area contributed by atoms with E-state index in [0.717, 1.165) is 6.42 Å². The lowest BCUT2D eigenvalue weighted by atomic mass is 9.79. The predicted octanol–water partition coefficient (Wildman–Crippen LogP) is 1.04. The number of nitrogens with one attached hydrogen (secondary N) is 1. The van der Waals surface area contributed by atoms with Gasteiger partial charge in [-0.05, 0) is 36.1 Å². The highest BCUT2D eigenvalue weighted by molar-refractivity contribution is 6.01. The molecular weight excluding hydrogens is 320 g/mol. The standard InChI is InChI=1S/C18H24N4O3/c1-18(2)11-21(10-9-14(18)19)17(25)12-3-5-13(6-4-12)22-16(24)8-7-15(23)20-22/h3-6,14H,7-11,19H2,1-2H3,(H,20,23). The van der Waals surface area contributed by atoms with Gasteiger partial charge in [0, 0.05) is 37.5 Å². The number of nitrogens with two attached hydrogens (primary N) is 1. The number of likely N-dealkylation sites (tertiary alicyclic amines) is 1. The summed E-state index contributed by atoms with van der Waals surface area (Å²) in [4.78, 5) is 38.0. The van der Waals surface area contributed by atoms with E-state index in [1.165, 1.54) is 5.01 Å². The Bertz CT molecular complexity index is 699. The summed E-state index contributed by atoms with van der Waals surface area (Å²) in [5.41, 5.74) is 9.68. The number of piperidine rings is 1. The van der Waals surface area contributed by atoms with Crippen LogP contribution in [0.15, 0.2) is 24.3 Å². The molecule has 0 bridgehead atoms. The summed E-state index contributed by atoms with van der Waals surface area (Å²) < 4.78 is 0. The second kappa shape index (κ2) is 6.48. The fraction of sp³-hybridized carbons (Fsp3) is 0.500. The molecule has 2 heterocycles. The Balaban J connectivity index is 1.73. The van der Waals surface area contributed by atoms with Crippen molar-refractivity contribution in [1.82, 2.24) is 10.3 Å². The molecule has 1 unspecified atom stereocenters. The number of hydrazine groups is 1. The van der Waals surface area contributed by atoms with Crippen molar-refractivity contribution < 1.29 is 14.4 Å². The van der Waals surface area contributed by atoms with Gasteiger partial charge < -0.3 is 10.6 Å². The van der Waals surface area contributed by atoms with Crippen LogP contribution in [0.3, 0.4) is 0 Å². The predicted molar refractivity (Wildman–Crippen MR) is 93.6 cm³/mol. The summed E-state index contributed by atoms with van der Waals surface area (Å²) in [6.07, 6.45) is 1.18. The molecule has 2 saturated heterocycles. The van der Waals surface area contributed by atoms with Crippen LogP contribution >= 0.6 is 0 Å². The zero-order chi connectivity index (χ0) is 18.2. The Kier molecular flexibility index (Phi) is 4.51. The van der Waals surface area contributed by atoms with Gasteiger partial charge in [-0.25, -0.2) is 5.01 Å². The minimum absolute atomic E-state index is 0.0412. The molecule has 2 fully saturated rings. The number of nitrogens with zero attached hydrogens (tertiary/aromatic N) is 2. The summed E-state index contributed by atoms with van der Waals surface area (Å²) in [5.74, 6) is -0.391. The van der Waals surface area contributed by atoms with Gasteiger partial charge in [0.15, 0.2) is 0 Å². The highest BCUT2D eigenvalue weighted by atomic mass is 16.2. The Morgan fingerprint density at radius 2 is 1.88 bits per heavy atom. The first kappa shape index (κ1) is 17.4. The van der Waals surface area contributed by atoms with Crippen molar-refractivity contribution in [2.45, 2.75) is 39.2 Å². The first-order chi connectivity index (χ1) is 11.8. The largest absolute Gasteiger partial charge is 0.338 e. The molecule has 1 aromatic carbocycles. The molecule has 0 saturated carbocycles. The van der Waals surface area contributed by atoms with Crippen LogP contribution in [0, 0.1) is 5.41 Å². The Morgan fingerprint density at radius 1 is 1.20 bits per heavy atom. The highest BCUT2D eigenvalue weighted by Gasteiger charge is 2.35. The third-order valence-electron chi connectivity index (χ3n) is 5.02. The monoisotopic (exact) mass is 344 g/mol. The van der Waals surface area contributed by atoms with Crippen molar-refractivity contribution >= 4 is 23.4 Å². The van der Waals surface area contributed by atoms with Crippen LogP contribution in [0.25, 0.3) is 0 Å². The average Bonchev–Trinajstić information content (AvgIpc) is 2.59. The zero-order valence-electron chi connectivity index (χ0n) is 14.6. The van der Waals surface area contributed by atoms with E-state index >= 15 is 0 Å². The van der Waals surface area contributed by atoms with E-state index in [0.29, 0.717) is 24.3 Å². The van der Waals surface area contributed by atoms with Crippen molar-refractivity contribution in [2.24, 2.45) is 11.1 Å². The molecule has 2 aliphatic heterocycles. The van der Waals surface area contributed by atoms with E-state index in [1.807, 2.05) is 4.90 Å². The molecule has 0 radical (unpaired) electrons. The molecule has 3 amide bonds. The molecule has 2 aliphatic rings. The average molecular weight is 344 g/mol. The van der Waals surface area contributed by atoms with Crippen molar-refractivity contribution in [3.63, 3.8) is 0 Å². The van der Waals surface area contributed by atoms with E-state index in [2.05, 4.69) is 19.3 Å². The van der Waals surface area contributed by atoms with E-state index in [9.17, 15) is 14.4 Å². The summed E-state index contributed by atoms with van der Waals surface area (Å²) in [6.45, 7) is 5.41. The lowest BCUT2D eigenvalue weighted by Crippen LogP contribution is -2.54.